The summed E-state index contributed by atoms with van der Waals surface area (Å²) in [6.07, 6.45) is 1.97. The molecule has 0 aliphatic carbocycles. The lowest BCUT2D eigenvalue weighted by molar-refractivity contribution is 0.173. The molecule has 26 heavy (non-hydrogen) atoms. The van der Waals surface area contributed by atoms with Crippen LogP contribution in [0.25, 0.3) is 0 Å². The van der Waals surface area contributed by atoms with Gasteiger partial charge >= 0.3 is 0 Å². The maximum atomic E-state index is 13.5. The third-order valence-electron chi connectivity index (χ3n) is 3.84. The predicted molar refractivity (Wildman–Crippen MR) is 113 cm³/mol. The van der Waals surface area contributed by atoms with Crippen LogP contribution >= 0.6 is 35.7 Å². The van der Waals surface area contributed by atoms with Crippen LogP contribution in [0, 0.1) is 5.82 Å². The topological polar surface area (TPSA) is 54.9 Å². The average Bonchev–Trinajstić information content (AvgIpc) is 3.11. The Balaban J connectivity index is 0.00000243. The van der Waals surface area contributed by atoms with E-state index < -0.39 is 0 Å². The molecule has 0 amide bonds. The fourth-order valence-corrected chi connectivity index (χ4v) is 3.19. The smallest absolute Gasteiger partial charge is 0.231 e. The largest absolute Gasteiger partial charge is 0.454 e. The summed E-state index contributed by atoms with van der Waals surface area (Å²) in [5, 5.41) is 6.45. The van der Waals surface area contributed by atoms with Crippen LogP contribution < -0.4 is 20.1 Å². The zero-order chi connectivity index (χ0) is 17.6. The van der Waals surface area contributed by atoms with E-state index in [1.165, 1.54) is 6.07 Å². The Hall–Kier alpha value is -1.68. The lowest BCUT2D eigenvalue weighted by Gasteiger charge is -2.14. The van der Waals surface area contributed by atoms with E-state index in [1.54, 1.807) is 30.9 Å². The summed E-state index contributed by atoms with van der Waals surface area (Å²) in [7, 11) is 1.70. The summed E-state index contributed by atoms with van der Waals surface area (Å²) >= 11 is 1.59. The first-order valence-corrected chi connectivity index (χ1v) is 9.08. The molecule has 0 fully saturated rings. The number of hydrogen-bond donors (Lipinski definition) is 2. The quantitative estimate of drug-likeness (QED) is 0.290. The van der Waals surface area contributed by atoms with Gasteiger partial charge in [0.2, 0.25) is 6.79 Å². The zero-order valence-corrected chi connectivity index (χ0v) is 17.7. The van der Waals surface area contributed by atoms with E-state index in [0.717, 1.165) is 27.5 Å². The number of para-hydroxylation sites is 1. The molecule has 3 rings (SSSR count). The van der Waals surface area contributed by atoms with Crippen molar-refractivity contribution in [3.63, 3.8) is 0 Å². The average molecular weight is 489 g/mol. The van der Waals surface area contributed by atoms with Crippen LogP contribution in [0.2, 0.25) is 0 Å². The van der Waals surface area contributed by atoms with E-state index in [0.29, 0.717) is 19.0 Å². The van der Waals surface area contributed by atoms with E-state index >= 15 is 0 Å². The van der Waals surface area contributed by atoms with Gasteiger partial charge in [-0.2, -0.15) is 0 Å². The SMILES string of the molecule is CN=C(NCc1cc(F)ccc1SC)NCc1cccc2c1OCO2.I. The van der Waals surface area contributed by atoms with Crippen molar-refractivity contribution in [1.82, 2.24) is 10.6 Å². The number of benzene rings is 2. The minimum atomic E-state index is -0.241. The van der Waals surface area contributed by atoms with Crippen molar-refractivity contribution in [3.8, 4) is 11.5 Å². The third kappa shape index (κ3) is 4.94. The molecule has 0 saturated heterocycles. The first-order valence-electron chi connectivity index (χ1n) is 7.85. The van der Waals surface area contributed by atoms with Crippen LogP contribution in [0.4, 0.5) is 4.39 Å². The summed E-state index contributed by atoms with van der Waals surface area (Å²) in [5.74, 6) is 1.91. The molecule has 1 aliphatic heterocycles. The van der Waals surface area contributed by atoms with Crippen LogP contribution in [0.15, 0.2) is 46.3 Å². The number of fused-ring (bicyclic) bond motifs is 1. The van der Waals surface area contributed by atoms with Crippen LogP contribution in [0.3, 0.4) is 0 Å². The van der Waals surface area contributed by atoms with Gasteiger partial charge in [-0.3, -0.25) is 4.99 Å². The second-order valence-electron chi connectivity index (χ2n) is 5.39. The molecule has 0 bridgehead atoms. The molecule has 1 aliphatic rings. The first-order chi connectivity index (χ1) is 12.2. The van der Waals surface area contributed by atoms with Crippen LogP contribution in [-0.4, -0.2) is 26.1 Å². The molecule has 0 saturated carbocycles. The molecule has 2 N–H and O–H groups in total. The van der Waals surface area contributed by atoms with E-state index in [9.17, 15) is 4.39 Å². The Morgan fingerprint density at radius 2 is 1.92 bits per heavy atom. The zero-order valence-electron chi connectivity index (χ0n) is 14.5. The highest BCUT2D eigenvalue weighted by atomic mass is 127. The third-order valence-corrected chi connectivity index (χ3v) is 4.67. The van der Waals surface area contributed by atoms with Crippen molar-refractivity contribution < 1.29 is 13.9 Å². The van der Waals surface area contributed by atoms with Gasteiger partial charge in [-0.05, 0) is 36.1 Å². The van der Waals surface area contributed by atoms with Gasteiger partial charge in [0.05, 0.1) is 0 Å². The number of ether oxygens (including phenoxy) is 2. The van der Waals surface area contributed by atoms with E-state index in [2.05, 4.69) is 15.6 Å². The molecule has 1 heterocycles. The molecule has 0 aromatic heterocycles. The Bertz CT molecular complexity index is 781. The molecule has 0 unspecified atom stereocenters. The van der Waals surface area contributed by atoms with Crippen molar-refractivity contribution in [1.29, 1.82) is 0 Å². The molecule has 2 aromatic carbocycles. The fraction of sp³-hybridized carbons (Fsp3) is 0.278. The second-order valence-corrected chi connectivity index (χ2v) is 6.23. The standard InChI is InChI=1S/C18H20FN3O2S.HI/c1-20-18(22-10-13-8-14(19)6-7-16(13)25-2)21-9-12-4-3-5-15-17(12)24-11-23-15;/h3-8H,9-11H2,1-2H3,(H2,20,21,22);1H. The molecule has 8 heteroatoms. The Morgan fingerprint density at radius 1 is 1.15 bits per heavy atom. The molecule has 0 atom stereocenters. The normalized spacial score (nSPS) is 12.5. The number of nitrogens with one attached hydrogen (secondary N) is 2. The van der Waals surface area contributed by atoms with Gasteiger partial charge in [0.1, 0.15) is 5.82 Å². The molecule has 0 radical (unpaired) electrons. The van der Waals surface area contributed by atoms with Gasteiger partial charge in [-0.1, -0.05) is 12.1 Å². The second kappa shape index (κ2) is 9.86. The highest BCUT2D eigenvalue weighted by Crippen LogP contribution is 2.35. The molecule has 0 spiro atoms. The predicted octanol–water partition coefficient (Wildman–Crippen LogP) is 3.76. The maximum Gasteiger partial charge on any atom is 0.231 e. The van der Waals surface area contributed by atoms with Gasteiger partial charge in [0.25, 0.3) is 0 Å². The molecular formula is C18H21FIN3O2S. The van der Waals surface area contributed by atoms with Crippen LogP contribution in [0.5, 0.6) is 11.5 Å². The van der Waals surface area contributed by atoms with Gasteiger partial charge in [-0.15, -0.1) is 35.7 Å². The van der Waals surface area contributed by atoms with Gasteiger partial charge in [-0.25, -0.2) is 4.39 Å². The van der Waals surface area contributed by atoms with Crippen LogP contribution in [0.1, 0.15) is 11.1 Å². The van der Waals surface area contributed by atoms with Crippen molar-refractivity contribution in [2.45, 2.75) is 18.0 Å². The summed E-state index contributed by atoms with van der Waals surface area (Å²) in [6, 6.07) is 10.6. The fourth-order valence-electron chi connectivity index (χ4n) is 2.59. The highest BCUT2D eigenvalue weighted by molar-refractivity contribution is 14.0. The molecule has 140 valence electrons. The first kappa shape index (κ1) is 20.6. The van der Waals surface area contributed by atoms with E-state index in [1.807, 2.05) is 24.5 Å². The summed E-state index contributed by atoms with van der Waals surface area (Å²) in [5.41, 5.74) is 1.89. The number of aliphatic imine (C=N–C) groups is 1. The number of thioether (sulfide) groups is 1. The van der Waals surface area contributed by atoms with E-state index in [4.69, 9.17) is 9.47 Å². The number of hydrogen-bond acceptors (Lipinski definition) is 4. The van der Waals surface area contributed by atoms with Gasteiger partial charge in [0.15, 0.2) is 17.5 Å². The van der Waals surface area contributed by atoms with Crippen molar-refractivity contribution in [2.75, 3.05) is 20.1 Å². The number of guanidine groups is 1. The highest BCUT2D eigenvalue weighted by Gasteiger charge is 2.17. The molecule has 5 nitrogen and oxygen atoms in total. The lowest BCUT2D eigenvalue weighted by Crippen LogP contribution is -2.36. The van der Waals surface area contributed by atoms with Crippen LogP contribution in [-0.2, 0) is 13.1 Å². The number of nitrogens with zero attached hydrogens (tertiary/aromatic N) is 1. The summed E-state index contributed by atoms with van der Waals surface area (Å²) < 4.78 is 24.4. The lowest BCUT2D eigenvalue weighted by atomic mass is 10.2. The molecule has 2 aromatic rings. The summed E-state index contributed by atoms with van der Waals surface area (Å²) in [6.45, 7) is 1.28. The Labute approximate surface area is 173 Å². The monoisotopic (exact) mass is 489 g/mol. The minimum Gasteiger partial charge on any atom is -0.454 e. The molecular weight excluding hydrogens is 468 g/mol. The maximum absolute atomic E-state index is 13.5. The number of halogens is 2. The minimum absolute atomic E-state index is 0. The van der Waals surface area contributed by atoms with Gasteiger partial charge in [0, 0.05) is 30.6 Å². The van der Waals surface area contributed by atoms with Gasteiger partial charge < -0.3 is 20.1 Å². The number of rotatable bonds is 5. The van der Waals surface area contributed by atoms with Crippen molar-refractivity contribution in [2.24, 2.45) is 4.99 Å². The summed E-state index contributed by atoms with van der Waals surface area (Å²) in [4.78, 5) is 5.25. The Morgan fingerprint density at radius 3 is 2.65 bits per heavy atom. The van der Waals surface area contributed by atoms with E-state index in [-0.39, 0.29) is 36.6 Å². The Kier molecular flexibility index (Phi) is 7.83. The van der Waals surface area contributed by atoms with Crippen molar-refractivity contribution >= 4 is 41.7 Å². The van der Waals surface area contributed by atoms with Crippen molar-refractivity contribution in [3.05, 3.63) is 53.3 Å².